The number of amides is 1. The number of hydrogen-bond acceptors (Lipinski definition) is 4. The summed E-state index contributed by atoms with van der Waals surface area (Å²) in [4.78, 5) is 17.3. The third-order valence-corrected chi connectivity index (χ3v) is 2.98. The fourth-order valence-electron chi connectivity index (χ4n) is 1.98. The Hall–Kier alpha value is -3.15. The minimum absolute atomic E-state index is 0.325. The Morgan fingerprint density at radius 1 is 1.18 bits per heavy atom. The predicted molar refractivity (Wildman–Crippen MR) is 81.4 cm³/mol. The lowest BCUT2D eigenvalue weighted by Crippen LogP contribution is -2.23. The molecule has 0 radical (unpaired) electrons. The summed E-state index contributed by atoms with van der Waals surface area (Å²) >= 11 is 0. The number of carbonyl (C=O) groups excluding carboxylic acids is 1. The van der Waals surface area contributed by atoms with E-state index >= 15 is 0 Å². The first kappa shape index (κ1) is 13.8. The number of rotatable bonds is 4. The van der Waals surface area contributed by atoms with E-state index in [2.05, 4.69) is 15.5 Å². The highest BCUT2D eigenvalue weighted by molar-refractivity contribution is 6.02. The molecule has 110 valence electrons. The van der Waals surface area contributed by atoms with Crippen LogP contribution in [0.5, 0.6) is 11.5 Å². The molecule has 0 aliphatic rings. The van der Waals surface area contributed by atoms with E-state index in [0.717, 1.165) is 5.56 Å². The van der Waals surface area contributed by atoms with E-state index in [1.807, 2.05) is 37.3 Å². The monoisotopic (exact) mass is 294 g/mol. The fraction of sp³-hybridized carbons (Fsp3) is 0.0625. The smallest absolute Gasteiger partial charge is 0.275 e. The van der Waals surface area contributed by atoms with Gasteiger partial charge in [0.15, 0.2) is 0 Å². The van der Waals surface area contributed by atoms with Crippen LogP contribution in [0.1, 0.15) is 15.9 Å². The molecule has 1 amide bonds. The van der Waals surface area contributed by atoms with E-state index in [1.54, 1.807) is 18.2 Å². The molecule has 0 unspecified atom stereocenters. The van der Waals surface area contributed by atoms with Crippen LogP contribution < -0.4 is 10.2 Å². The lowest BCUT2D eigenvalue weighted by Gasteiger charge is -2.11. The van der Waals surface area contributed by atoms with Crippen molar-refractivity contribution in [3.05, 3.63) is 72.3 Å². The van der Waals surface area contributed by atoms with Gasteiger partial charge in [0.05, 0.1) is 5.56 Å². The molecule has 0 bridgehead atoms. The Balaban J connectivity index is 1.85. The van der Waals surface area contributed by atoms with Crippen molar-refractivity contribution >= 4 is 5.91 Å². The number of carbonyl (C=O) groups is 1. The molecule has 0 atom stereocenters. The number of nitrogens with one attached hydrogen (secondary N) is 1. The van der Waals surface area contributed by atoms with Crippen LogP contribution in [0.2, 0.25) is 0 Å². The molecule has 0 spiro atoms. The van der Waals surface area contributed by atoms with Crippen LogP contribution in [0.3, 0.4) is 0 Å². The number of aryl methyl sites for hydroxylation is 1. The molecule has 0 aliphatic heterocycles. The maximum atomic E-state index is 12.3. The zero-order valence-corrected chi connectivity index (χ0v) is 11.9. The van der Waals surface area contributed by atoms with Gasteiger partial charge in [0.2, 0.25) is 0 Å². The first-order chi connectivity index (χ1) is 10.7. The van der Waals surface area contributed by atoms with E-state index in [1.165, 1.54) is 17.4 Å². The number of hydrogen-bond donors (Lipinski definition) is 1. The van der Waals surface area contributed by atoms with Crippen molar-refractivity contribution in [3.8, 4) is 11.5 Å². The summed E-state index contributed by atoms with van der Waals surface area (Å²) in [7, 11) is 0. The van der Waals surface area contributed by atoms with Gasteiger partial charge in [-0.3, -0.25) is 4.79 Å². The van der Waals surface area contributed by atoms with Gasteiger partial charge in [0.25, 0.3) is 5.91 Å². The van der Waals surface area contributed by atoms with Crippen molar-refractivity contribution in [2.75, 3.05) is 5.43 Å². The first-order valence-corrected chi connectivity index (χ1v) is 6.72. The number of nitrogens with zero attached hydrogens (tertiary/aromatic N) is 3. The van der Waals surface area contributed by atoms with Crippen LogP contribution in [0.15, 0.2) is 61.2 Å². The second-order valence-corrected chi connectivity index (χ2v) is 4.70. The summed E-state index contributed by atoms with van der Waals surface area (Å²) in [5.74, 6) is 0.834. The molecule has 1 heterocycles. The molecule has 0 aliphatic carbocycles. The summed E-state index contributed by atoms with van der Waals surface area (Å²) in [6.07, 6.45) is 2.75. The zero-order chi connectivity index (χ0) is 15.4. The topological polar surface area (TPSA) is 69.0 Å². The SMILES string of the molecule is Cc1cccc(Oc2ccccc2C(=O)Nn2cncn2)c1. The summed E-state index contributed by atoms with van der Waals surface area (Å²) in [6, 6.07) is 14.7. The first-order valence-electron chi connectivity index (χ1n) is 6.72. The minimum Gasteiger partial charge on any atom is -0.457 e. The predicted octanol–water partition coefficient (Wildman–Crippen LogP) is 2.76. The Bertz CT molecular complexity index is 784. The van der Waals surface area contributed by atoms with Crippen LogP contribution in [-0.4, -0.2) is 20.8 Å². The maximum Gasteiger partial charge on any atom is 0.275 e. The Labute approximate surface area is 127 Å². The van der Waals surface area contributed by atoms with Crippen molar-refractivity contribution < 1.29 is 9.53 Å². The molecule has 3 aromatic rings. The Morgan fingerprint density at radius 3 is 2.82 bits per heavy atom. The molecule has 6 nitrogen and oxygen atoms in total. The average molecular weight is 294 g/mol. The fourth-order valence-corrected chi connectivity index (χ4v) is 1.98. The summed E-state index contributed by atoms with van der Waals surface area (Å²) in [5.41, 5.74) is 4.10. The van der Waals surface area contributed by atoms with E-state index in [9.17, 15) is 4.79 Å². The van der Waals surface area contributed by atoms with E-state index in [-0.39, 0.29) is 5.91 Å². The van der Waals surface area contributed by atoms with Gasteiger partial charge < -0.3 is 4.74 Å². The maximum absolute atomic E-state index is 12.3. The van der Waals surface area contributed by atoms with Gasteiger partial charge >= 0.3 is 0 Å². The third-order valence-electron chi connectivity index (χ3n) is 2.98. The van der Waals surface area contributed by atoms with Crippen LogP contribution in [0.25, 0.3) is 0 Å². The van der Waals surface area contributed by atoms with Gasteiger partial charge in [-0.2, -0.15) is 4.79 Å². The molecule has 22 heavy (non-hydrogen) atoms. The highest BCUT2D eigenvalue weighted by atomic mass is 16.5. The second-order valence-electron chi connectivity index (χ2n) is 4.70. The summed E-state index contributed by atoms with van der Waals surface area (Å²) < 4.78 is 5.82. The Morgan fingerprint density at radius 2 is 2.05 bits per heavy atom. The van der Waals surface area contributed by atoms with Crippen LogP contribution >= 0.6 is 0 Å². The minimum atomic E-state index is -0.325. The lowest BCUT2D eigenvalue weighted by atomic mass is 10.2. The van der Waals surface area contributed by atoms with Gasteiger partial charge in [-0.15, -0.1) is 5.10 Å². The van der Waals surface area contributed by atoms with E-state index in [4.69, 9.17) is 4.74 Å². The van der Waals surface area contributed by atoms with Gasteiger partial charge in [-0.1, -0.05) is 24.3 Å². The number of ether oxygens (including phenoxy) is 1. The van der Waals surface area contributed by atoms with Crippen LogP contribution in [0.4, 0.5) is 0 Å². The quantitative estimate of drug-likeness (QED) is 0.803. The van der Waals surface area contributed by atoms with E-state index in [0.29, 0.717) is 17.1 Å². The number of benzene rings is 2. The van der Waals surface area contributed by atoms with Crippen molar-refractivity contribution in [2.24, 2.45) is 0 Å². The van der Waals surface area contributed by atoms with Crippen molar-refractivity contribution in [3.63, 3.8) is 0 Å². The lowest BCUT2D eigenvalue weighted by molar-refractivity contribution is 0.100. The van der Waals surface area contributed by atoms with Gasteiger partial charge in [0, 0.05) is 0 Å². The molecule has 1 N–H and O–H groups in total. The molecule has 6 heteroatoms. The van der Waals surface area contributed by atoms with E-state index < -0.39 is 0 Å². The molecular formula is C16H14N4O2. The molecule has 0 fully saturated rings. The normalized spacial score (nSPS) is 10.2. The average Bonchev–Trinajstić information content (AvgIpc) is 3.01. The molecule has 3 rings (SSSR count). The summed E-state index contributed by atoms with van der Waals surface area (Å²) in [5, 5.41) is 3.84. The van der Waals surface area contributed by atoms with Crippen LogP contribution in [0, 0.1) is 6.92 Å². The number of para-hydroxylation sites is 1. The molecule has 1 aromatic heterocycles. The van der Waals surface area contributed by atoms with Crippen molar-refractivity contribution in [2.45, 2.75) is 6.92 Å². The largest absolute Gasteiger partial charge is 0.457 e. The third kappa shape index (κ3) is 3.12. The van der Waals surface area contributed by atoms with Gasteiger partial charge in [0.1, 0.15) is 24.2 Å². The zero-order valence-electron chi connectivity index (χ0n) is 11.9. The summed E-state index contributed by atoms with van der Waals surface area (Å²) in [6.45, 7) is 1.98. The molecule has 0 saturated heterocycles. The highest BCUT2D eigenvalue weighted by Crippen LogP contribution is 2.25. The Kier molecular flexibility index (Phi) is 3.82. The van der Waals surface area contributed by atoms with Crippen molar-refractivity contribution in [1.29, 1.82) is 0 Å². The van der Waals surface area contributed by atoms with Crippen molar-refractivity contribution in [1.82, 2.24) is 14.9 Å². The van der Waals surface area contributed by atoms with Crippen LogP contribution in [-0.2, 0) is 0 Å². The molecule has 0 saturated carbocycles. The standard InChI is InChI=1S/C16H14N4O2/c1-12-5-4-6-13(9-12)22-15-8-3-2-7-14(15)16(21)19-20-11-17-10-18-20/h2-11H,1H3,(H,19,21). The van der Waals surface area contributed by atoms with Gasteiger partial charge in [-0.25, -0.2) is 10.4 Å². The molecule has 2 aromatic carbocycles. The second kappa shape index (κ2) is 6.09. The highest BCUT2D eigenvalue weighted by Gasteiger charge is 2.13. The number of aromatic nitrogens is 3. The van der Waals surface area contributed by atoms with Gasteiger partial charge in [-0.05, 0) is 36.8 Å². The molecular weight excluding hydrogens is 280 g/mol.